The maximum absolute atomic E-state index is 12.3. The standard InChI is InChI=1S/C17H21ClN4O.ClH/c1-17(6-8-19-9-7-17)12-20-16(23)13-10-21-22(11-13)15-4-2-14(18)3-5-15;/h2-5,10-11,19H,6-9,12H2,1H3,(H,20,23);1H. The third-order valence-electron chi connectivity index (χ3n) is 4.42. The van der Waals surface area contributed by atoms with Gasteiger partial charge in [-0.05, 0) is 55.6 Å². The van der Waals surface area contributed by atoms with Crippen molar-refractivity contribution in [2.24, 2.45) is 5.41 Å². The molecule has 0 spiro atoms. The highest BCUT2D eigenvalue weighted by Gasteiger charge is 2.27. The third kappa shape index (κ3) is 4.50. The van der Waals surface area contributed by atoms with Crippen LogP contribution in [0.15, 0.2) is 36.7 Å². The summed E-state index contributed by atoms with van der Waals surface area (Å²) in [6, 6.07) is 7.34. The summed E-state index contributed by atoms with van der Waals surface area (Å²) >= 11 is 5.88. The minimum absolute atomic E-state index is 0. The van der Waals surface area contributed by atoms with Crippen molar-refractivity contribution in [1.29, 1.82) is 0 Å². The van der Waals surface area contributed by atoms with Gasteiger partial charge in [0.2, 0.25) is 0 Å². The lowest BCUT2D eigenvalue weighted by Crippen LogP contribution is -2.42. The van der Waals surface area contributed by atoms with E-state index in [4.69, 9.17) is 11.6 Å². The first kappa shape index (κ1) is 18.8. The fraction of sp³-hybridized carbons (Fsp3) is 0.412. The van der Waals surface area contributed by atoms with Gasteiger partial charge in [-0.25, -0.2) is 4.68 Å². The molecule has 0 unspecified atom stereocenters. The Morgan fingerprint density at radius 3 is 2.67 bits per heavy atom. The highest BCUT2D eigenvalue weighted by molar-refractivity contribution is 6.30. The van der Waals surface area contributed by atoms with Crippen LogP contribution in [-0.2, 0) is 0 Å². The van der Waals surface area contributed by atoms with Gasteiger partial charge in [0, 0.05) is 17.8 Å². The van der Waals surface area contributed by atoms with E-state index in [9.17, 15) is 4.79 Å². The van der Waals surface area contributed by atoms with Crippen molar-refractivity contribution in [2.45, 2.75) is 19.8 Å². The van der Waals surface area contributed by atoms with Gasteiger partial charge in [0.05, 0.1) is 17.4 Å². The second kappa shape index (κ2) is 8.01. The van der Waals surface area contributed by atoms with Crippen LogP contribution >= 0.6 is 24.0 Å². The third-order valence-corrected chi connectivity index (χ3v) is 4.67. The van der Waals surface area contributed by atoms with Crippen LogP contribution in [0.1, 0.15) is 30.1 Å². The van der Waals surface area contributed by atoms with Crippen molar-refractivity contribution in [2.75, 3.05) is 19.6 Å². The van der Waals surface area contributed by atoms with E-state index in [2.05, 4.69) is 22.7 Å². The molecule has 7 heteroatoms. The van der Waals surface area contributed by atoms with Gasteiger partial charge in [0.1, 0.15) is 0 Å². The molecule has 2 aromatic rings. The molecule has 5 nitrogen and oxygen atoms in total. The second-order valence-electron chi connectivity index (χ2n) is 6.39. The number of benzene rings is 1. The van der Waals surface area contributed by atoms with E-state index in [1.165, 1.54) is 0 Å². The van der Waals surface area contributed by atoms with Gasteiger partial charge < -0.3 is 10.6 Å². The Bertz CT molecular complexity index is 678. The summed E-state index contributed by atoms with van der Waals surface area (Å²) in [7, 11) is 0. The molecular weight excluding hydrogens is 347 g/mol. The number of carbonyl (C=O) groups excluding carboxylic acids is 1. The first-order valence-corrected chi connectivity index (χ1v) is 8.23. The van der Waals surface area contributed by atoms with Gasteiger partial charge in [0.15, 0.2) is 0 Å². The first-order chi connectivity index (χ1) is 11.1. The molecule has 0 bridgehead atoms. The monoisotopic (exact) mass is 368 g/mol. The number of nitrogens with one attached hydrogen (secondary N) is 2. The van der Waals surface area contributed by atoms with Crippen molar-refractivity contribution in [1.82, 2.24) is 20.4 Å². The summed E-state index contributed by atoms with van der Waals surface area (Å²) in [6.45, 7) is 4.95. The summed E-state index contributed by atoms with van der Waals surface area (Å²) in [4.78, 5) is 12.3. The van der Waals surface area contributed by atoms with Crippen LogP contribution in [0.25, 0.3) is 5.69 Å². The number of halogens is 2. The van der Waals surface area contributed by atoms with Gasteiger partial charge >= 0.3 is 0 Å². The summed E-state index contributed by atoms with van der Waals surface area (Å²) in [5.74, 6) is -0.0787. The molecular formula is C17H22Cl2N4O. The lowest BCUT2D eigenvalue weighted by Gasteiger charge is -2.34. The number of piperidine rings is 1. The molecule has 1 aromatic carbocycles. The van der Waals surface area contributed by atoms with Crippen LogP contribution in [0, 0.1) is 5.41 Å². The summed E-state index contributed by atoms with van der Waals surface area (Å²) in [5, 5.41) is 11.3. The average Bonchev–Trinajstić information content (AvgIpc) is 3.04. The van der Waals surface area contributed by atoms with E-state index in [1.54, 1.807) is 29.2 Å². The van der Waals surface area contributed by atoms with E-state index in [0.717, 1.165) is 31.6 Å². The molecule has 130 valence electrons. The highest BCUT2D eigenvalue weighted by Crippen LogP contribution is 2.26. The van der Waals surface area contributed by atoms with Crippen LogP contribution in [0.4, 0.5) is 0 Å². The second-order valence-corrected chi connectivity index (χ2v) is 6.83. The number of hydrogen-bond acceptors (Lipinski definition) is 3. The van der Waals surface area contributed by atoms with E-state index in [1.807, 2.05) is 12.1 Å². The van der Waals surface area contributed by atoms with Gasteiger partial charge in [0.25, 0.3) is 5.91 Å². The van der Waals surface area contributed by atoms with Gasteiger partial charge in [-0.3, -0.25) is 4.79 Å². The lowest BCUT2D eigenvalue weighted by molar-refractivity contribution is 0.0922. The molecule has 1 aliphatic rings. The fourth-order valence-electron chi connectivity index (χ4n) is 2.78. The molecule has 24 heavy (non-hydrogen) atoms. The Labute approximate surface area is 153 Å². The number of carbonyl (C=O) groups is 1. The zero-order chi connectivity index (χ0) is 16.3. The van der Waals surface area contributed by atoms with Crippen molar-refractivity contribution in [3.05, 3.63) is 47.2 Å². The molecule has 1 aromatic heterocycles. The van der Waals surface area contributed by atoms with E-state index in [-0.39, 0.29) is 23.7 Å². The quantitative estimate of drug-likeness (QED) is 0.871. The molecule has 0 aliphatic carbocycles. The lowest BCUT2D eigenvalue weighted by atomic mass is 9.81. The average molecular weight is 369 g/mol. The van der Waals surface area contributed by atoms with Crippen LogP contribution in [-0.4, -0.2) is 35.3 Å². The number of hydrogen-bond donors (Lipinski definition) is 2. The molecule has 0 atom stereocenters. The Kier molecular flexibility index (Phi) is 6.27. The zero-order valence-electron chi connectivity index (χ0n) is 13.6. The van der Waals surface area contributed by atoms with Crippen LogP contribution < -0.4 is 10.6 Å². The maximum atomic E-state index is 12.3. The first-order valence-electron chi connectivity index (χ1n) is 7.85. The smallest absolute Gasteiger partial charge is 0.254 e. The number of aromatic nitrogens is 2. The Morgan fingerprint density at radius 1 is 1.33 bits per heavy atom. The van der Waals surface area contributed by atoms with Crippen molar-refractivity contribution < 1.29 is 4.79 Å². The van der Waals surface area contributed by atoms with Crippen molar-refractivity contribution in [3.63, 3.8) is 0 Å². The molecule has 1 amide bonds. The van der Waals surface area contributed by atoms with Gasteiger partial charge in [-0.1, -0.05) is 18.5 Å². The van der Waals surface area contributed by atoms with E-state index < -0.39 is 0 Å². The highest BCUT2D eigenvalue weighted by atomic mass is 35.5. The number of amides is 1. The maximum Gasteiger partial charge on any atom is 0.254 e. The Hall–Kier alpha value is -1.56. The fourth-order valence-corrected chi connectivity index (χ4v) is 2.90. The molecule has 0 saturated carbocycles. The van der Waals surface area contributed by atoms with Crippen molar-refractivity contribution >= 4 is 29.9 Å². The summed E-state index contributed by atoms with van der Waals surface area (Å²) in [6.07, 6.45) is 5.49. The van der Waals surface area contributed by atoms with Gasteiger partial charge in [-0.2, -0.15) is 5.10 Å². The summed E-state index contributed by atoms with van der Waals surface area (Å²) in [5.41, 5.74) is 1.61. The molecule has 1 saturated heterocycles. The molecule has 1 aliphatic heterocycles. The minimum Gasteiger partial charge on any atom is -0.351 e. The molecule has 0 radical (unpaired) electrons. The minimum atomic E-state index is -0.0787. The van der Waals surface area contributed by atoms with Crippen molar-refractivity contribution in [3.8, 4) is 5.69 Å². The largest absolute Gasteiger partial charge is 0.351 e. The predicted octanol–water partition coefficient (Wildman–Crippen LogP) is 3.07. The van der Waals surface area contributed by atoms with Crippen LogP contribution in [0.5, 0.6) is 0 Å². The van der Waals surface area contributed by atoms with Crippen LogP contribution in [0.3, 0.4) is 0 Å². The van der Waals surface area contributed by atoms with Gasteiger partial charge in [-0.15, -0.1) is 12.4 Å². The van der Waals surface area contributed by atoms with E-state index >= 15 is 0 Å². The predicted molar refractivity (Wildman–Crippen MR) is 98.4 cm³/mol. The molecule has 1 fully saturated rings. The van der Waals surface area contributed by atoms with E-state index in [0.29, 0.717) is 17.1 Å². The molecule has 2 N–H and O–H groups in total. The summed E-state index contributed by atoms with van der Waals surface area (Å²) < 4.78 is 1.68. The SMILES string of the molecule is CC1(CNC(=O)c2cnn(-c3ccc(Cl)cc3)c2)CCNCC1.Cl. The topological polar surface area (TPSA) is 59.0 Å². The van der Waals surface area contributed by atoms with Crippen LogP contribution in [0.2, 0.25) is 5.02 Å². The number of nitrogens with zero attached hydrogens (tertiary/aromatic N) is 2. The normalized spacial score (nSPS) is 16.2. The zero-order valence-corrected chi connectivity index (χ0v) is 15.2. The molecule has 2 heterocycles. The number of rotatable bonds is 4. The molecule has 3 rings (SSSR count). The Morgan fingerprint density at radius 2 is 2.00 bits per heavy atom. The Balaban J connectivity index is 0.00000208.